The molecule has 0 bridgehead atoms. The summed E-state index contributed by atoms with van der Waals surface area (Å²) < 4.78 is 16.1. The van der Waals surface area contributed by atoms with Gasteiger partial charge in [0.2, 0.25) is 0 Å². The number of aryl methyl sites for hydroxylation is 2. The number of rotatable bonds is 1. The number of hydrogen-bond acceptors (Lipinski definition) is 4. The number of halogens is 2. The van der Waals surface area contributed by atoms with Crippen molar-refractivity contribution in [2.75, 3.05) is 0 Å². The van der Waals surface area contributed by atoms with Crippen LogP contribution in [-0.2, 0) is 0 Å². The number of nitrogens with zero attached hydrogens (tertiary/aromatic N) is 5. The summed E-state index contributed by atoms with van der Waals surface area (Å²) >= 11 is 5.77. The predicted octanol–water partition coefficient (Wildman–Crippen LogP) is 3.75. The molecule has 0 unspecified atom stereocenters. The van der Waals surface area contributed by atoms with Gasteiger partial charge in [-0.2, -0.15) is 5.10 Å². The maximum Gasteiger partial charge on any atom is 0.156 e. The first kappa shape index (κ1) is 14.0. The van der Waals surface area contributed by atoms with Gasteiger partial charge in [-0.25, -0.2) is 13.9 Å². The van der Waals surface area contributed by atoms with Crippen LogP contribution in [0.25, 0.3) is 27.8 Å². The Morgan fingerprint density at radius 1 is 1.09 bits per heavy atom. The zero-order valence-electron chi connectivity index (χ0n) is 12.4. The molecule has 5 nitrogen and oxygen atoms in total. The summed E-state index contributed by atoms with van der Waals surface area (Å²) in [5.41, 5.74) is 4.34. The SMILES string of the molecule is Cc1cn2nc(-c3cc(F)c4cc(Cl)nnc4c3)cc(C)c2n1. The quantitative estimate of drug-likeness (QED) is 0.534. The van der Waals surface area contributed by atoms with Gasteiger partial charge in [-0.15, -0.1) is 10.2 Å². The van der Waals surface area contributed by atoms with E-state index in [2.05, 4.69) is 20.3 Å². The van der Waals surface area contributed by atoms with Gasteiger partial charge >= 0.3 is 0 Å². The fraction of sp³-hybridized carbons (Fsp3) is 0.125. The van der Waals surface area contributed by atoms with Crippen molar-refractivity contribution >= 4 is 28.2 Å². The highest BCUT2D eigenvalue weighted by Crippen LogP contribution is 2.26. The summed E-state index contributed by atoms with van der Waals surface area (Å²) in [6, 6.07) is 6.52. The van der Waals surface area contributed by atoms with Gasteiger partial charge in [-0.05, 0) is 43.7 Å². The van der Waals surface area contributed by atoms with E-state index < -0.39 is 5.82 Å². The van der Waals surface area contributed by atoms with Gasteiger partial charge < -0.3 is 0 Å². The third kappa shape index (κ3) is 2.31. The van der Waals surface area contributed by atoms with E-state index in [1.165, 1.54) is 12.1 Å². The molecule has 3 aromatic heterocycles. The lowest BCUT2D eigenvalue weighted by Gasteiger charge is -2.06. The van der Waals surface area contributed by atoms with Gasteiger partial charge in [-0.1, -0.05) is 11.6 Å². The molecule has 0 amide bonds. The van der Waals surface area contributed by atoms with Crippen LogP contribution in [0.4, 0.5) is 4.39 Å². The van der Waals surface area contributed by atoms with E-state index >= 15 is 0 Å². The molecule has 0 aliphatic heterocycles. The number of hydrogen-bond donors (Lipinski definition) is 0. The molecule has 0 fully saturated rings. The molecule has 114 valence electrons. The summed E-state index contributed by atoms with van der Waals surface area (Å²) in [6.45, 7) is 3.85. The molecule has 0 saturated carbocycles. The first-order valence-corrected chi connectivity index (χ1v) is 7.35. The Morgan fingerprint density at radius 3 is 2.74 bits per heavy atom. The molecule has 0 aliphatic carbocycles. The average Bonchev–Trinajstić information content (AvgIpc) is 2.89. The summed E-state index contributed by atoms with van der Waals surface area (Å²) in [5, 5.41) is 12.7. The number of fused-ring (bicyclic) bond motifs is 2. The zero-order valence-corrected chi connectivity index (χ0v) is 13.1. The van der Waals surface area contributed by atoms with Crippen LogP contribution in [0.3, 0.4) is 0 Å². The molecule has 7 heteroatoms. The standard InChI is InChI=1S/C16H11ClFN5/c1-8-3-13(22-23-7-9(2)19-16(8)23)10-4-12(18)11-6-15(17)21-20-14(11)5-10/h3-7H,1-2H3. The van der Waals surface area contributed by atoms with E-state index in [1.807, 2.05) is 26.1 Å². The van der Waals surface area contributed by atoms with E-state index in [-0.39, 0.29) is 5.15 Å². The molecule has 0 radical (unpaired) electrons. The Bertz CT molecular complexity index is 1070. The Hall–Kier alpha value is -2.60. The van der Waals surface area contributed by atoms with Crippen LogP contribution in [-0.4, -0.2) is 24.8 Å². The Balaban J connectivity index is 1.96. The van der Waals surface area contributed by atoms with E-state index in [1.54, 1.807) is 10.6 Å². The second-order valence-electron chi connectivity index (χ2n) is 5.42. The third-order valence-electron chi connectivity index (χ3n) is 3.65. The topological polar surface area (TPSA) is 56.0 Å². The summed E-state index contributed by atoms with van der Waals surface area (Å²) in [7, 11) is 0. The minimum atomic E-state index is -0.407. The van der Waals surface area contributed by atoms with Crippen LogP contribution in [0.5, 0.6) is 0 Å². The largest absolute Gasteiger partial charge is 0.232 e. The molecular weight excluding hydrogens is 317 g/mol. The normalized spacial score (nSPS) is 11.5. The van der Waals surface area contributed by atoms with Gasteiger partial charge in [0.05, 0.1) is 23.1 Å². The molecule has 4 aromatic rings. The molecule has 0 saturated heterocycles. The van der Waals surface area contributed by atoms with Crippen LogP contribution >= 0.6 is 11.6 Å². The van der Waals surface area contributed by atoms with Crippen molar-refractivity contribution < 1.29 is 4.39 Å². The minimum Gasteiger partial charge on any atom is -0.232 e. The highest BCUT2D eigenvalue weighted by molar-refractivity contribution is 6.29. The molecule has 3 heterocycles. The smallest absolute Gasteiger partial charge is 0.156 e. The molecule has 23 heavy (non-hydrogen) atoms. The van der Waals surface area contributed by atoms with Gasteiger partial charge in [0.1, 0.15) is 5.82 Å². The average molecular weight is 328 g/mol. The fourth-order valence-electron chi connectivity index (χ4n) is 2.61. The van der Waals surface area contributed by atoms with E-state index in [0.29, 0.717) is 22.2 Å². The minimum absolute atomic E-state index is 0.161. The molecular formula is C16H11ClFN5. The summed E-state index contributed by atoms with van der Waals surface area (Å²) in [4.78, 5) is 4.41. The second kappa shape index (κ2) is 4.96. The monoisotopic (exact) mass is 327 g/mol. The maximum absolute atomic E-state index is 14.4. The van der Waals surface area contributed by atoms with Crippen LogP contribution in [0.2, 0.25) is 5.15 Å². The molecule has 0 atom stereocenters. The fourth-order valence-corrected chi connectivity index (χ4v) is 2.76. The van der Waals surface area contributed by atoms with Gasteiger partial charge in [-0.3, -0.25) is 0 Å². The molecule has 0 N–H and O–H groups in total. The Kier molecular flexibility index (Phi) is 3.02. The van der Waals surface area contributed by atoms with Crippen molar-refractivity contribution in [2.45, 2.75) is 13.8 Å². The van der Waals surface area contributed by atoms with E-state index in [0.717, 1.165) is 16.9 Å². The van der Waals surface area contributed by atoms with Crippen molar-refractivity contribution in [3.05, 3.63) is 52.7 Å². The first-order chi connectivity index (χ1) is 11.0. The second-order valence-corrected chi connectivity index (χ2v) is 5.81. The molecule has 0 spiro atoms. The summed E-state index contributed by atoms with van der Waals surface area (Å²) in [6.07, 6.45) is 1.84. The molecule has 4 rings (SSSR count). The molecule has 0 aliphatic rings. The van der Waals surface area contributed by atoms with Crippen LogP contribution < -0.4 is 0 Å². The van der Waals surface area contributed by atoms with Crippen molar-refractivity contribution in [3.63, 3.8) is 0 Å². The highest BCUT2D eigenvalue weighted by Gasteiger charge is 2.12. The van der Waals surface area contributed by atoms with Crippen LogP contribution in [0.15, 0.2) is 30.5 Å². The highest BCUT2D eigenvalue weighted by atomic mass is 35.5. The first-order valence-electron chi connectivity index (χ1n) is 6.98. The predicted molar refractivity (Wildman–Crippen MR) is 86.0 cm³/mol. The number of aromatic nitrogens is 5. The Morgan fingerprint density at radius 2 is 1.91 bits per heavy atom. The van der Waals surface area contributed by atoms with Crippen molar-refractivity contribution in [3.8, 4) is 11.3 Å². The number of imidazole rings is 1. The lowest BCUT2D eigenvalue weighted by atomic mass is 10.1. The third-order valence-corrected chi connectivity index (χ3v) is 3.83. The van der Waals surface area contributed by atoms with Gasteiger partial charge in [0, 0.05) is 10.9 Å². The number of benzene rings is 1. The van der Waals surface area contributed by atoms with Crippen molar-refractivity contribution in [1.29, 1.82) is 0 Å². The van der Waals surface area contributed by atoms with Crippen molar-refractivity contribution in [1.82, 2.24) is 24.8 Å². The lowest BCUT2D eigenvalue weighted by Crippen LogP contribution is -1.97. The van der Waals surface area contributed by atoms with E-state index in [4.69, 9.17) is 11.6 Å². The zero-order chi connectivity index (χ0) is 16.1. The van der Waals surface area contributed by atoms with E-state index in [9.17, 15) is 4.39 Å². The Labute approximate surface area is 135 Å². The lowest BCUT2D eigenvalue weighted by molar-refractivity contribution is 0.639. The van der Waals surface area contributed by atoms with Crippen LogP contribution in [0, 0.1) is 19.7 Å². The molecule has 1 aromatic carbocycles. The van der Waals surface area contributed by atoms with Gasteiger partial charge in [0.25, 0.3) is 0 Å². The maximum atomic E-state index is 14.4. The van der Waals surface area contributed by atoms with Gasteiger partial charge in [0.15, 0.2) is 10.8 Å². The van der Waals surface area contributed by atoms with Crippen LogP contribution in [0.1, 0.15) is 11.3 Å². The summed E-state index contributed by atoms with van der Waals surface area (Å²) in [5.74, 6) is -0.407. The van der Waals surface area contributed by atoms with Crippen molar-refractivity contribution in [2.24, 2.45) is 0 Å².